The van der Waals surface area contributed by atoms with Crippen LogP contribution < -0.4 is 5.32 Å². The van der Waals surface area contributed by atoms with Crippen molar-refractivity contribution in [1.29, 1.82) is 0 Å². The molecule has 1 aromatic heterocycles. The molecule has 0 bridgehead atoms. The second-order valence-electron chi connectivity index (χ2n) is 3.74. The predicted octanol–water partition coefficient (Wildman–Crippen LogP) is 1.67. The highest BCUT2D eigenvalue weighted by atomic mass is 16.4. The number of carboxylic acids is 1. The molecule has 3 N–H and O–H groups in total. The van der Waals surface area contributed by atoms with Crippen LogP contribution in [0, 0.1) is 6.92 Å². The maximum Gasteiger partial charge on any atom is 0.337 e. The molecule has 1 heterocycles. The molecule has 0 radical (unpaired) electrons. The monoisotopic (exact) mass is 245 g/mol. The molecule has 0 aliphatic rings. The van der Waals surface area contributed by atoms with Gasteiger partial charge in [0, 0.05) is 6.20 Å². The number of aromatic carboxylic acids is 1. The first-order chi connectivity index (χ1) is 8.59. The van der Waals surface area contributed by atoms with Crippen molar-refractivity contribution < 1.29 is 14.7 Å². The maximum absolute atomic E-state index is 11.8. The van der Waals surface area contributed by atoms with Crippen LogP contribution in [0.2, 0.25) is 0 Å². The molecule has 6 heteroatoms. The van der Waals surface area contributed by atoms with Gasteiger partial charge in [-0.1, -0.05) is 12.1 Å². The zero-order valence-corrected chi connectivity index (χ0v) is 9.60. The van der Waals surface area contributed by atoms with Gasteiger partial charge in [0.1, 0.15) is 0 Å². The smallest absolute Gasteiger partial charge is 0.337 e. The van der Waals surface area contributed by atoms with Gasteiger partial charge in [-0.2, -0.15) is 5.10 Å². The van der Waals surface area contributed by atoms with Crippen molar-refractivity contribution in [3.63, 3.8) is 0 Å². The van der Waals surface area contributed by atoms with Gasteiger partial charge in [0.25, 0.3) is 5.91 Å². The third-order valence-corrected chi connectivity index (χ3v) is 2.50. The number of anilines is 1. The number of carbonyl (C=O) groups is 2. The molecule has 1 amide bonds. The standard InChI is InChI=1S/C12H11N3O3/c1-7-3-2-4-9(12(17)18)10(7)15-11(16)8-5-13-14-6-8/h2-6H,1H3,(H,13,14)(H,15,16)(H,17,18). The van der Waals surface area contributed by atoms with Gasteiger partial charge < -0.3 is 10.4 Å². The van der Waals surface area contributed by atoms with Crippen LogP contribution in [0.15, 0.2) is 30.6 Å². The second-order valence-corrected chi connectivity index (χ2v) is 3.74. The summed E-state index contributed by atoms with van der Waals surface area (Å²) in [4.78, 5) is 22.9. The molecule has 2 aromatic rings. The lowest BCUT2D eigenvalue weighted by Crippen LogP contribution is -2.15. The summed E-state index contributed by atoms with van der Waals surface area (Å²) >= 11 is 0. The highest BCUT2D eigenvalue weighted by Crippen LogP contribution is 2.21. The summed E-state index contributed by atoms with van der Waals surface area (Å²) in [7, 11) is 0. The molecule has 92 valence electrons. The Hall–Kier alpha value is -2.63. The topological polar surface area (TPSA) is 95.1 Å². The van der Waals surface area contributed by atoms with Gasteiger partial charge in [0.05, 0.1) is 23.0 Å². The molecule has 0 atom stereocenters. The van der Waals surface area contributed by atoms with Gasteiger partial charge in [-0.25, -0.2) is 4.79 Å². The quantitative estimate of drug-likeness (QED) is 0.766. The zero-order valence-electron chi connectivity index (χ0n) is 9.60. The van der Waals surface area contributed by atoms with Crippen LogP contribution >= 0.6 is 0 Å². The first kappa shape index (κ1) is 11.8. The van der Waals surface area contributed by atoms with Gasteiger partial charge in [0.15, 0.2) is 0 Å². The summed E-state index contributed by atoms with van der Waals surface area (Å²) in [5.41, 5.74) is 1.39. The molecule has 0 saturated carbocycles. The predicted molar refractivity (Wildman–Crippen MR) is 64.7 cm³/mol. The van der Waals surface area contributed by atoms with E-state index in [1.807, 2.05) is 0 Å². The second kappa shape index (κ2) is 4.70. The fraction of sp³-hybridized carbons (Fsp3) is 0.0833. The Morgan fingerprint density at radius 1 is 1.39 bits per heavy atom. The Balaban J connectivity index is 2.34. The number of para-hydroxylation sites is 1. The van der Waals surface area contributed by atoms with E-state index in [1.165, 1.54) is 18.5 Å². The molecule has 18 heavy (non-hydrogen) atoms. The van der Waals surface area contributed by atoms with Gasteiger partial charge in [0.2, 0.25) is 0 Å². The lowest BCUT2D eigenvalue weighted by atomic mass is 10.1. The van der Waals surface area contributed by atoms with Gasteiger partial charge >= 0.3 is 5.97 Å². The first-order valence-corrected chi connectivity index (χ1v) is 5.22. The molecule has 0 spiro atoms. The van der Waals surface area contributed by atoms with E-state index in [0.717, 1.165) is 0 Å². The van der Waals surface area contributed by atoms with Crippen molar-refractivity contribution in [3.05, 3.63) is 47.3 Å². The third kappa shape index (κ3) is 2.22. The van der Waals surface area contributed by atoms with Crippen molar-refractivity contribution in [2.45, 2.75) is 6.92 Å². The van der Waals surface area contributed by atoms with E-state index >= 15 is 0 Å². The van der Waals surface area contributed by atoms with Crippen LogP contribution in [0.5, 0.6) is 0 Å². The SMILES string of the molecule is Cc1cccc(C(=O)O)c1NC(=O)c1cn[nH]c1. The highest BCUT2D eigenvalue weighted by Gasteiger charge is 2.15. The normalized spacial score (nSPS) is 10.1. The number of H-pyrrole nitrogens is 1. The van der Waals surface area contributed by atoms with Crippen molar-refractivity contribution in [3.8, 4) is 0 Å². The van der Waals surface area contributed by atoms with Gasteiger partial charge in [-0.15, -0.1) is 0 Å². The summed E-state index contributed by atoms with van der Waals surface area (Å²) in [5.74, 6) is -1.48. The molecule has 0 fully saturated rings. The Bertz CT molecular complexity index is 591. The van der Waals surface area contributed by atoms with Crippen LogP contribution in [0.25, 0.3) is 0 Å². The number of carboxylic acid groups (broad SMARTS) is 1. The number of aryl methyl sites for hydroxylation is 1. The minimum Gasteiger partial charge on any atom is -0.478 e. The molecule has 0 unspecified atom stereocenters. The van der Waals surface area contributed by atoms with Crippen LogP contribution in [-0.2, 0) is 0 Å². The molecular formula is C12H11N3O3. The number of benzene rings is 1. The average Bonchev–Trinajstić information content (AvgIpc) is 2.85. The number of hydrogen-bond acceptors (Lipinski definition) is 3. The number of nitrogens with one attached hydrogen (secondary N) is 2. The Morgan fingerprint density at radius 3 is 2.78 bits per heavy atom. The third-order valence-electron chi connectivity index (χ3n) is 2.50. The summed E-state index contributed by atoms with van der Waals surface area (Å²) in [6.45, 7) is 1.73. The number of aromatic nitrogens is 2. The Labute approximate surface area is 103 Å². The van der Waals surface area contributed by atoms with E-state index in [9.17, 15) is 9.59 Å². The maximum atomic E-state index is 11.8. The average molecular weight is 245 g/mol. The van der Waals surface area contributed by atoms with E-state index in [1.54, 1.807) is 19.1 Å². The van der Waals surface area contributed by atoms with Gasteiger partial charge in [-0.3, -0.25) is 9.89 Å². The fourth-order valence-electron chi connectivity index (χ4n) is 1.57. The van der Waals surface area contributed by atoms with Crippen LogP contribution in [0.1, 0.15) is 26.3 Å². The van der Waals surface area contributed by atoms with Crippen LogP contribution in [0.4, 0.5) is 5.69 Å². The van der Waals surface area contributed by atoms with Crippen LogP contribution in [0.3, 0.4) is 0 Å². The Morgan fingerprint density at radius 2 is 2.17 bits per heavy atom. The van der Waals surface area contributed by atoms with Crippen molar-refractivity contribution >= 4 is 17.6 Å². The van der Waals surface area contributed by atoms with Crippen molar-refractivity contribution in [2.24, 2.45) is 0 Å². The molecule has 0 aliphatic carbocycles. The number of aromatic amines is 1. The minimum atomic E-state index is -1.08. The molecule has 0 saturated heterocycles. The van der Waals surface area contributed by atoms with E-state index in [0.29, 0.717) is 16.8 Å². The fourth-order valence-corrected chi connectivity index (χ4v) is 1.57. The minimum absolute atomic E-state index is 0.0619. The van der Waals surface area contributed by atoms with E-state index < -0.39 is 11.9 Å². The van der Waals surface area contributed by atoms with Crippen molar-refractivity contribution in [2.75, 3.05) is 5.32 Å². The highest BCUT2D eigenvalue weighted by molar-refractivity contribution is 6.08. The van der Waals surface area contributed by atoms with E-state index in [-0.39, 0.29) is 5.56 Å². The molecule has 0 aliphatic heterocycles. The van der Waals surface area contributed by atoms with Crippen LogP contribution in [-0.4, -0.2) is 27.2 Å². The summed E-state index contributed by atoms with van der Waals surface area (Å²) in [6, 6.07) is 4.81. The first-order valence-electron chi connectivity index (χ1n) is 5.22. The van der Waals surface area contributed by atoms with Crippen molar-refractivity contribution in [1.82, 2.24) is 10.2 Å². The number of nitrogens with zero attached hydrogens (tertiary/aromatic N) is 1. The largest absolute Gasteiger partial charge is 0.478 e. The molecule has 6 nitrogen and oxygen atoms in total. The van der Waals surface area contributed by atoms with Gasteiger partial charge in [-0.05, 0) is 18.6 Å². The molecular weight excluding hydrogens is 234 g/mol. The molecule has 2 rings (SSSR count). The molecule has 1 aromatic carbocycles. The summed E-state index contributed by atoms with van der Waals surface area (Å²) in [6.07, 6.45) is 2.81. The summed E-state index contributed by atoms with van der Waals surface area (Å²) < 4.78 is 0. The summed E-state index contributed by atoms with van der Waals surface area (Å²) in [5, 5.41) is 17.8. The lowest BCUT2D eigenvalue weighted by molar-refractivity contribution is 0.0698. The number of carbonyl (C=O) groups excluding carboxylic acids is 1. The number of amides is 1. The lowest BCUT2D eigenvalue weighted by Gasteiger charge is -2.10. The number of hydrogen-bond donors (Lipinski definition) is 3. The Kier molecular flexibility index (Phi) is 3.09. The van der Waals surface area contributed by atoms with E-state index in [2.05, 4.69) is 15.5 Å². The van der Waals surface area contributed by atoms with E-state index in [4.69, 9.17) is 5.11 Å². The zero-order chi connectivity index (χ0) is 13.1. The number of rotatable bonds is 3.